The van der Waals surface area contributed by atoms with Crippen molar-refractivity contribution in [3.63, 3.8) is 0 Å². The summed E-state index contributed by atoms with van der Waals surface area (Å²) in [4.78, 5) is 24.1. The molecule has 1 rings (SSSR count). The fourth-order valence-corrected chi connectivity index (χ4v) is 1.98. The van der Waals surface area contributed by atoms with E-state index < -0.39 is 11.9 Å². The summed E-state index contributed by atoms with van der Waals surface area (Å²) in [5.74, 6) is -1.69. The van der Waals surface area contributed by atoms with E-state index in [0.717, 1.165) is 13.0 Å². The van der Waals surface area contributed by atoms with Gasteiger partial charge in [-0.05, 0) is 25.9 Å². The van der Waals surface area contributed by atoms with E-state index in [1.54, 1.807) is 0 Å². The molecule has 0 aliphatic carbocycles. The fourth-order valence-electron chi connectivity index (χ4n) is 1.98. The van der Waals surface area contributed by atoms with E-state index in [2.05, 4.69) is 4.74 Å². The third-order valence-corrected chi connectivity index (χ3v) is 2.93. The Bertz CT molecular complexity index is 254. The Labute approximate surface area is 89.0 Å². The Morgan fingerprint density at radius 3 is 2.73 bits per heavy atom. The van der Waals surface area contributed by atoms with E-state index >= 15 is 0 Å². The van der Waals surface area contributed by atoms with Crippen LogP contribution in [-0.4, -0.2) is 49.2 Å². The highest BCUT2D eigenvalue weighted by Crippen LogP contribution is 2.26. The summed E-state index contributed by atoms with van der Waals surface area (Å²) < 4.78 is 4.56. The smallest absolute Gasteiger partial charge is 0.308 e. The molecule has 1 saturated heterocycles. The lowest BCUT2D eigenvalue weighted by atomic mass is 9.83. The van der Waals surface area contributed by atoms with Gasteiger partial charge in [-0.25, -0.2) is 0 Å². The molecule has 1 aliphatic heterocycles. The summed E-state index contributed by atoms with van der Waals surface area (Å²) in [6, 6.07) is 0. The number of carbonyl (C=O) groups excluding carboxylic acids is 1. The normalized spacial score (nSPS) is 27.3. The van der Waals surface area contributed by atoms with Gasteiger partial charge in [0.1, 0.15) is 0 Å². The number of nitrogens with zero attached hydrogens (tertiary/aromatic N) is 1. The molecule has 0 amide bonds. The number of methoxy groups -OCH3 is 1. The summed E-state index contributed by atoms with van der Waals surface area (Å²) in [5.41, 5.74) is 0. The molecule has 86 valence electrons. The summed E-state index contributed by atoms with van der Waals surface area (Å²) >= 11 is 0. The van der Waals surface area contributed by atoms with Crippen LogP contribution in [0, 0.1) is 11.8 Å². The Morgan fingerprint density at radius 2 is 2.20 bits per heavy atom. The summed E-state index contributed by atoms with van der Waals surface area (Å²) in [7, 11) is 3.22. The molecule has 0 saturated carbocycles. The average Bonchev–Trinajstić information content (AvgIpc) is 2.20. The minimum Gasteiger partial charge on any atom is -0.481 e. The van der Waals surface area contributed by atoms with Gasteiger partial charge in [0, 0.05) is 13.0 Å². The topological polar surface area (TPSA) is 66.8 Å². The van der Waals surface area contributed by atoms with Crippen LogP contribution in [0.1, 0.15) is 12.8 Å². The molecule has 2 atom stereocenters. The predicted octanol–water partition coefficient (Wildman–Crippen LogP) is 0.202. The Balaban J connectivity index is 2.60. The van der Waals surface area contributed by atoms with Crippen LogP contribution in [-0.2, 0) is 14.3 Å². The zero-order valence-corrected chi connectivity index (χ0v) is 9.10. The number of hydrogen-bond donors (Lipinski definition) is 1. The highest BCUT2D eigenvalue weighted by molar-refractivity contribution is 5.74. The largest absolute Gasteiger partial charge is 0.481 e. The Morgan fingerprint density at radius 1 is 1.53 bits per heavy atom. The standard InChI is InChI=1S/C10H17NO4/c1-11-4-3-7(5-9(12)15-2)8(6-11)10(13)14/h7-8H,3-6H2,1-2H3,(H,13,14)/t7-,8-/m1/s1. The van der Waals surface area contributed by atoms with Gasteiger partial charge in [0.15, 0.2) is 0 Å². The second-order valence-corrected chi connectivity index (χ2v) is 4.04. The van der Waals surface area contributed by atoms with Gasteiger partial charge in [0.2, 0.25) is 0 Å². The van der Waals surface area contributed by atoms with Gasteiger partial charge < -0.3 is 14.7 Å². The van der Waals surface area contributed by atoms with Gasteiger partial charge in [-0.1, -0.05) is 0 Å². The van der Waals surface area contributed by atoms with Crippen molar-refractivity contribution in [2.75, 3.05) is 27.2 Å². The van der Waals surface area contributed by atoms with Crippen molar-refractivity contribution in [3.05, 3.63) is 0 Å². The number of likely N-dealkylation sites (tertiary alicyclic amines) is 1. The van der Waals surface area contributed by atoms with Crippen LogP contribution in [0.25, 0.3) is 0 Å². The molecule has 0 bridgehead atoms. The molecule has 0 spiro atoms. The molecule has 1 aliphatic rings. The van der Waals surface area contributed by atoms with Crippen molar-refractivity contribution in [1.29, 1.82) is 0 Å². The van der Waals surface area contributed by atoms with Crippen molar-refractivity contribution in [3.8, 4) is 0 Å². The fraction of sp³-hybridized carbons (Fsp3) is 0.800. The van der Waals surface area contributed by atoms with Gasteiger partial charge >= 0.3 is 11.9 Å². The van der Waals surface area contributed by atoms with Crippen LogP contribution in [0.2, 0.25) is 0 Å². The molecule has 0 radical (unpaired) electrons. The highest BCUT2D eigenvalue weighted by atomic mass is 16.5. The highest BCUT2D eigenvalue weighted by Gasteiger charge is 2.34. The number of piperidine rings is 1. The maximum Gasteiger partial charge on any atom is 0.308 e. The Hall–Kier alpha value is -1.10. The van der Waals surface area contributed by atoms with Crippen molar-refractivity contribution in [1.82, 2.24) is 4.90 Å². The van der Waals surface area contributed by atoms with Crippen LogP contribution in [0.5, 0.6) is 0 Å². The molecule has 1 N–H and O–H groups in total. The molecule has 1 heterocycles. The Kier molecular flexibility index (Phi) is 4.08. The first kappa shape index (κ1) is 12.0. The molecule has 5 nitrogen and oxygen atoms in total. The van der Waals surface area contributed by atoms with Crippen LogP contribution in [0.4, 0.5) is 0 Å². The minimum atomic E-state index is -0.824. The van der Waals surface area contributed by atoms with Gasteiger partial charge in [-0.3, -0.25) is 9.59 Å². The maximum atomic E-state index is 11.1. The first-order valence-corrected chi connectivity index (χ1v) is 5.02. The predicted molar refractivity (Wildman–Crippen MR) is 53.4 cm³/mol. The quantitative estimate of drug-likeness (QED) is 0.681. The summed E-state index contributed by atoms with van der Waals surface area (Å²) in [6.45, 7) is 1.35. The first-order chi connectivity index (χ1) is 7.04. The lowest BCUT2D eigenvalue weighted by Crippen LogP contribution is -2.42. The first-order valence-electron chi connectivity index (χ1n) is 5.02. The molecule has 15 heavy (non-hydrogen) atoms. The monoisotopic (exact) mass is 215 g/mol. The van der Waals surface area contributed by atoms with E-state index in [1.165, 1.54) is 7.11 Å². The van der Waals surface area contributed by atoms with Gasteiger partial charge in [-0.15, -0.1) is 0 Å². The SMILES string of the molecule is COC(=O)C[C@H]1CCN(C)C[C@H]1C(=O)O. The number of carbonyl (C=O) groups is 2. The van der Waals surface area contributed by atoms with Crippen LogP contribution < -0.4 is 0 Å². The van der Waals surface area contributed by atoms with Crippen molar-refractivity contribution >= 4 is 11.9 Å². The van der Waals surface area contributed by atoms with E-state index in [4.69, 9.17) is 5.11 Å². The third-order valence-electron chi connectivity index (χ3n) is 2.93. The molecule has 0 unspecified atom stereocenters. The van der Waals surface area contributed by atoms with Gasteiger partial charge in [0.25, 0.3) is 0 Å². The number of carboxylic acid groups (broad SMARTS) is 1. The molecule has 0 aromatic heterocycles. The number of hydrogen-bond acceptors (Lipinski definition) is 4. The second kappa shape index (κ2) is 5.11. The minimum absolute atomic E-state index is 0.0915. The third kappa shape index (κ3) is 3.20. The van der Waals surface area contributed by atoms with Crippen molar-refractivity contribution in [2.24, 2.45) is 11.8 Å². The molecule has 5 heteroatoms. The van der Waals surface area contributed by atoms with Gasteiger partial charge in [-0.2, -0.15) is 0 Å². The second-order valence-electron chi connectivity index (χ2n) is 4.04. The number of ether oxygens (including phenoxy) is 1. The summed E-state index contributed by atoms with van der Waals surface area (Å²) in [5, 5.41) is 9.03. The number of esters is 1. The maximum absolute atomic E-state index is 11.1. The summed E-state index contributed by atoms with van der Waals surface area (Å²) in [6.07, 6.45) is 0.948. The van der Waals surface area contributed by atoms with Crippen molar-refractivity contribution < 1.29 is 19.4 Å². The van der Waals surface area contributed by atoms with Crippen molar-refractivity contribution in [2.45, 2.75) is 12.8 Å². The van der Waals surface area contributed by atoms with E-state index in [1.807, 2.05) is 11.9 Å². The lowest BCUT2D eigenvalue weighted by Gasteiger charge is -2.33. The zero-order valence-electron chi connectivity index (χ0n) is 9.10. The molecule has 0 aromatic carbocycles. The molecular weight excluding hydrogens is 198 g/mol. The van der Waals surface area contributed by atoms with E-state index in [-0.39, 0.29) is 18.3 Å². The molecule has 0 aromatic rings. The lowest BCUT2D eigenvalue weighted by molar-refractivity contribution is -0.149. The van der Waals surface area contributed by atoms with Gasteiger partial charge in [0.05, 0.1) is 13.0 Å². The molecule has 1 fully saturated rings. The van der Waals surface area contributed by atoms with Crippen LogP contribution >= 0.6 is 0 Å². The number of aliphatic carboxylic acids is 1. The number of carboxylic acids is 1. The number of rotatable bonds is 3. The van der Waals surface area contributed by atoms with E-state index in [9.17, 15) is 9.59 Å². The average molecular weight is 215 g/mol. The van der Waals surface area contributed by atoms with Crippen LogP contribution in [0.15, 0.2) is 0 Å². The van der Waals surface area contributed by atoms with Crippen LogP contribution in [0.3, 0.4) is 0 Å². The molecular formula is C10H17NO4. The van der Waals surface area contributed by atoms with E-state index in [0.29, 0.717) is 6.54 Å². The zero-order chi connectivity index (χ0) is 11.4.